The highest BCUT2D eigenvalue weighted by Gasteiger charge is 2.08. The van der Waals surface area contributed by atoms with E-state index in [2.05, 4.69) is 40.0 Å². The average Bonchev–Trinajstić information content (AvgIpc) is 2.36. The highest BCUT2D eigenvalue weighted by Crippen LogP contribution is 2.26. The van der Waals surface area contributed by atoms with E-state index in [-0.39, 0.29) is 5.69 Å². The smallest absolute Gasteiger partial charge is 0.270 e. The molecule has 0 aliphatic rings. The Kier molecular flexibility index (Phi) is 6.07. The largest absolute Gasteiger partial charge is 0.383 e. The first-order chi connectivity index (χ1) is 8.58. The van der Waals surface area contributed by atoms with Crippen molar-refractivity contribution >= 4 is 27.3 Å². The molecule has 1 N–H and O–H groups in total. The number of non-ortho nitro benzene ring substituents is 1. The number of nitrogens with zero attached hydrogens (tertiary/aromatic N) is 2. The zero-order chi connectivity index (χ0) is 13.5. The molecule has 1 aromatic rings. The molecular weight excluding hydrogens is 298 g/mol. The molecule has 0 saturated carbocycles. The third kappa shape index (κ3) is 4.27. The fourth-order valence-electron chi connectivity index (χ4n) is 1.65. The van der Waals surface area contributed by atoms with Gasteiger partial charge in [-0.3, -0.25) is 10.1 Å². The van der Waals surface area contributed by atoms with Crippen LogP contribution < -0.4 is 5.32 Å². The third-order valence-corrected chi connectivity index (χ3v) is 3.46. The van der Waals surface area contributed by atoms with E-state index in [9.17, 15) is 10.1 Å². The molecular formula is C12H18BrN3O2. The molecule has 0 spiro atoms. The van der Waals surface area contributed by atoms with Crippen LogP contribution in [0.1, 0.15) is 13.8 Å². The van der Waals surface area contributed by atoms with Gasteiger partial charge in [-0.1, -0.05) is 13.8 Å². The van der Waals surface area contributed by atoms with Gasteiger partial charge in [0, 0.05) is 35.4 Å². The first kappa shape index (κ1) is 14.9. The molecule has 0 unspecified atom stereocenters. The molecule has 0 heterocycles. The van der Waals surface area contributed by atoms with Crippen LogP contribution in [0.5, 0.6) is 0 Å². The summed E-state index contributed by atoms with van der Waals surface area (Å²) in [4.78, 5) is 12.5. The van der Waals surface area contributed by atoms with Gasteiger partial charge in [-0.25, -0.2) is 0 Å². The predicted octanol–water partition coefficient (Wildman–Crippen LogP) is 3.11. The number of nitro benzene ring substituents is 1. The molecule has 5 nitrogen and oxygen atoms in total. The lowest BCUT2D eigenvalue weighted by molar-refractivity contribution is -0.384. The van der Waals surface area contributed by atoms with Crippen molar-refractivity contribution in [3.63, 3.8) is 0 Å². The van der Waals surface area contributed by atoms with E-state index in [1.165, 1.54) is 12.1 Å². The Morgan fingerprint density at radius 1 is 1.39 bits per heavy atom. The Labute approximate surface area is 115 Å². The van der Waals surface area contributed by atoms with E-state index in [1.54, 1.807) is 6.07 Å². The lowest BCUT2D eigenvalue weighted by Crippen LogP contribution is -2.28. The highest BCUT2D eigenvalue weighted by molar-refractivity contribution is 9.10. The highest BCUT2D eigenvalue weighted by atomic mass is 79.9. The fourth-order valence-corrected chi connectivity index (χ4v) is 2.16. The van der Waals surface area contributed by atoms with Crippen molar-refractivity contribution in [2.24, 2.45) is 0 Å². The van der Waals surface area contributed by atoms with E-state index >= 15 is 0 Å². The maximum Gasteiger partial charge on any atom is 0.270 e. The van der Waals surface area contributed by atoms with Crippen LogP contribution in [0.15, 0.2) is 22.7 Å². The standard InChI is InChI=1S/C12H18BrN3O2/c1-3-15(4-2)8-7-14-12-6-5-10(16(17)18)9-11(12)13/h5-6,9,14H,3-4,7-8H2,1-2H3. The van der Waals surface area contributed by atoms with Gasteiger partial charge < -0.3 is 10.2 Å². The van der Waals surface area contributed by atoms with Crippen LogP contribution in [-0.4, -0.2) is 36.0 Å². The number of likely N-dealkylation sites (N-methyl/N-ethyl adjacent to an activating group) is 1. The van der Waals surface area contributed by atoms with Gasteiger partial charge in [-0.05, 0) is 35.1 Å². The van der Waals surface area contributed by atoms with Gasteiger partial charge in [0.25, 0.3) is 5.69 Å². The summed E-state index contributed by atoms with van der Waals surface area (Å²) in [6, 6.07) is 4.74. The maximum atomic E-state index is 10.6. The molecule has 0 bridgehead atoms. The quantitative estimate of drug-likeness (QED) is 0.620. The number of hydrogen-bond donors (Lipinski definition) is 1. The molecule has 0 aromatic heterocycles. The number of rotatable bonds is 7. The number of benzene rings is 1. The van der Waals surface area contributed by atoms with Gasteiger partial charge in [-0.2, -0.15) is 0 Å². The second kappa shape index (κ2) is 7.33. The molecule has 6 heteroatoms. The molecule has 0 saturated heterocycles. The maximum absolute atomic E-state index is 10.6. The molecule has 100 valence electrons. The zero-order valence-electron chi connectivity index (χ0n) is 10.6. The van der Waals surface area contributed by atoms with Gasteiger partial charge in [0.1, 0.15) is 0 Å². The summed E-state index contributed by atoms with van der Waals surface area (Å²) in [6.07, 6.45) is 0. The number of hydrogen-bond acceptors (Lipinski definition) is 4. The third-order valence-electron chi connectivity index (χ3n) is 2.80. The summed E-state index contributed by atoms with van der Waals surface area (Å²) in [5, 5.41) is 13.9. The summed E-state index contributed by atoms with van der Waals surface area (Å²) in [5.74, 6) is 0. The van der Waals surface area contributed by atoms with Gasteiger partial charge >= 0.3 is 0 Å². The number of nitrogens with one attached hydrogen (secondary N) is 1. The van der Waals surface area contributed by atoms with Crippen molar-refractivity contribution in [2.75, 3.05) is 31.5 Å². The van der Waals surface area contributed by atoms with E-state index in [4.69, 9.17) is 0 Å². The molecule has 1 rings (SSSR count). The Morgan fingerprint density at radius 3 is 2.56 bits per heavy atom. The Hall–Kier alpha value is -1.14. The molecule has 0 radical (unpaired) electrons. The molecule has 0 atom stereocenters. The minimum Gasteiger partial charge on any atom is -0.383 e. The summed E-state index contributed by atoms with van der Waals surface area (Å²) in [6.45, 7) is 8.09. The Balaban J connectivity index is 2.55. The molecule has 0 fully saturated rings. The van der Waals surface area contributed by atoms with E-state index in [0.29, 0.717) is 0 Å². The number of halogens is 1. The van der Waals surface area contributed by atoms with Crippen LogP contribution in [0.3, 0.4) is 0 Å². The Morgan fingerprint density at radius 2 is 2.06 bits per heavy atom. The van der Waals surface area contributed by atoms with Gasteiger partial charge in [0.15, 0.2) is 0 Å². The van der Waals surface area contributed by atoms with Crippen LogP contribution in [0, 0.1) is 10.1 Å². The first-order valence-electron chi connectivity index (χ1n) is 5.98. The summed E-state index contributed by atoms with van der Waals surface area (Å²) < 4.78 is 0.719. The normalized spacial score (nSPS) is 10.7. The Bertz CT molecular complexity index is 408. The van der Waals surface area contributed by atoms with Crippen LogP contribution in [0.4, 0.5) is 11.4 Å². The summed E-state index contributed by atoms with van der Waals surface area (Å²) >= 11 is 3.34. The molecule has 0 amide bonds. The van der Waals surface area contributed by atoms with Crippen molar-refractivity contribution in [1.29, 1.82) is 0 Å². The SMILES string of the molecule is CCN(CC)CCNc1ccc([N+](=O)[O-])cc1Br. The van der Waals surface area contributed by atoms with Crippen LogP contribution in [0.2, 0.25) is 0 Å². The lowest BCUT2D eigenvalue weighted by atomic mass is 10.3. The average molecular weight is 316 g/mol. The van der Waals surface area contributed by atoms with Gasteiger partial charge in [-0.15, -0.1) is 0 Å². The monoisotopic (exact) mass is 315 g/mol. The van der Waals surface area contributed by atoms with Crippen molar-refractivity contribution in [3.05, 3.63) is 32.8 Å². The summed E-state index contributed by atoms with van der Waals surface area (Å²) in [5.41, 5.74) is 0.976. The molecule has 18 heavy (non-hydrogen) atoms. The molecule has 0 aliphatic heterocycles. The van der Waals surface area contributed by atoms with Crippen LogP contribution in [-0.2, 0) is 0 Å². The van der Waals surface area contributed by atoms with Crippen molar-refractivity contribution in [1.82, 2.24) is 4.90 Å². The minimum atomic E-state index is -0.398. The second-order valence-electron chi connectivity index (χ2n) is 3.87. The number of anilines is 1. The van der Waals surface area contributed by atoms with Gasteiger partial charge in [0.05, 0.1) is 4.92 Å². The minimum absolute atomic E-state index is 0.0937. The second-order valence-corrected chi connectivity index (χ2v) is 4.73. The van der Waals surface area contributed by atoms with E-state index in [1.807, 2.05) is 0 Å². The van der Waals surface area contributed by atoms with Crippen molar-refractivity contribution < 1.29 is 4.92 Å². The molecule has 1 aromatic carbocycles. The van der Waals surface area contributed by atoms with Crippen molar-refractivity contribution in [2.45, 2.75) is 13.8 Å². The lowest BCUT2D eigenvalue weighted by Gasteiger charge is -2.18. The van der Waals surface area contributed by atoms with Crippen LogP contribution in [0.25, 0.3) is 0 Å². The predicted molar refractivity (Wildman–Crippen MR) is 77.1 cm³/mol. The van der Waals surface area contributed by atoms with E-state index in [0.717, 1.165) is 36.3 Å². The molecule has 0 aliphatic carbocycles. The van der Waals surface area contributed by atoms with E-state index < -0.39 is 4.92 Å². The fraction of sp³-hybridized carbons (Fsp3) is 0.500. The van der Waals surface area contributed by atoms with Crippen molar-refractivity contribution in [3.8, 4) is 0 Å². The zero-order valence-corrected chi connectivity index (χ0v) is 12.2. The topological polar surface area (TPSA) is 58.4 Å². The summed E-state index contributed by atoms with van der Waals surface area (Å²) in [7, 11) is 0. The van der Waals surface area contributed by atoms with Gasteiger partial charge in [0.2, 0.25) is 0 Å². The first-order valence-corrected chi connectivity index (χ1v) is 6.78. The van der Waals surface area contributed by atoms with Crippen LogP contribution >= 0.6 is 15.9 Å². The number of nitro groups is 1.